The molecule has 164 valence electrons. The molecule has 29 heavy (non-hydrogen) atoms. The number of esters is 1. The number of benzene rings is 1. The molecule has 1 aromatic rings. The summed E-state index contributed by atoms with van der Waals surface area (Å²) in [5.74, 6) is -1.68. The molecule has 0 bridgehead atoms. The van der Waals surface area contributed by atoms with Crippen LogP contribution in [0.2, 0.25) is 0 Å². The van der Waals surface area contributed by atoms with Crippen LogP contribution in [0.5, 0.6) is 0 Å². The Morgan fingerprint density at radius 1 is 1.28 bits per heavy atom. The van der Waals surface area contributed by atoms with Gasteiger partial charge in [-0.15, -0.1) is 12.4 Å². The number of likely N-dealkylation sites (tertiary alicyclic amines) is 1. The maximum absolute atomic E-state index is 12.7. The van der Waals surface area contributed by atoms with Crippen LogP contribution in [0.1, 0.15) is 38.7 Å². The van der Waals surface area contributed by atoms with E-state index in [1.807, 2.05) is 30.3 Å². The van der Waals surface area contributed by atoms with Gasteiger partial charge in [0.1, 0.15) is 12.1 Å². The molecule has 1 amide bonds. The third kappa shape index (κ3) is 7.64. The number of carboxylic acid groups (broad SMARTS) is 1. The molecule has 1 aliphatic rings. The standard InChI is InChI=1S/C20H28N2O5.ClH.H3N/c1-3-27-20(26)16(12-11-15-8-5-4-6-9-15)21-14(2)18(23)22-13-7-10-17(22)19(24)25;;/h4-6,8-9,14,16-17,21H,3,7,10-13H2,1-2H3,(H,24,25);1H;1H3/t14?,16?,17-;;/m0../s1. The molecule has 9 heteroatoms. The summed E-state index contributed by atoms with van der Waals surface area (Å²) in [7, 11) is 0. The molecule has 1 saturated heterocycles. The zero-order valence-electron chi connectivity index (χ0n) is 17.0. The molecule has 1 aromatic carbocycles. The van der Waals surface area contributed by atoms with Crippen LogP contribution in [0.4, 0.5) is 0 Å². The topological polar surface area (TPSA) is 131 Å². The number of aliphatic carboxylic acids is 1. The van der Waals surface area contributed by atoms with Gasteiger partial charge >= 0.3 is 11.9 Å². The highest BCUT2D eigenvalue weighted by Crippen LogP contribution is 2.19. The number of carboxylic acids is 1. The summed E-state index contributed by atoms with van der Waals surface area (Å²) in [4.78, 5) is 37.7. The van der Waals surface area contributed by atoms with E-state index in [4.69, 9.17) is 4.74 Å². The largest absolute Gasteiger partial charge is 0.480 e. The van der Waals surface area contributed by atoms with Gasteiger partial charge in [0.05, 0.1) is 12.6 Å². The summed E-state index contributed by atoms with van der Waals surface area (Å²) in [6.07, 6.45) is 2.29. The summed E-state index contributed by atoms with van der Waals surface area (Å²) < 4.78 is 5.14. The fourth-order valence-corrected chi connectivity index (χ4v) is 3.38. The Labute approximate surface area is 178 Å². The molecule has 1 heterocycles. The van der Waals surface area contributed by atoms with Crippen LogP contribution in [-0.4, -0.2) is 59.1 Å². The minimum absolute atomic E-state index is 0. The maximum Gasteiger partial charge on any atom is 0.326 e. The van der Waals surface area contributed by atoms with E-state index >= 15 is 0 Å². The van der Waals surface area contributed by atoms with Crippen molar-refractivity contribution in [2.75, 3.05) is 13.2 Å². The van der Waals surface area contributed by atoms with E-state index in [2.05, 4.69) is 5.32 Å². The van der Waals surface area contributed by atoms with E-state index in [0.717, 1.165) is 5.56 Å². The molecule has 0 saturated carbocycles. The van der Waals surface area contributed by atoms with Crippen molar-refractivity contribution in [1.82, 2.24) is 16.4 Å². The van der Waals surface area contributed by atoms with Gasteiger partial charge in [-0.25, -0.2) is 4.79 Å². The van der Waals surface area contributed by atoms with Crippen molar-refractivity contribution >= 4 is 30.3 Å². The van der Waals surface area contributed by atoms with E-state index < -0.39 is 30.1 Å². The highest BCUT2D eigenvalue weighted by molar-refractivity contribution is 5.88. The van der Waals surface area contributed by atoms with Gasteiger partial charge in [-0.05, 0) is 45.1 Å². The van der Waals surface area contributed by atoms with Crippen LogP contribution in [0, 0.1) is 0 Å². The Morgan fingerprint density at radius 3 is 2.52 bits per heavy atom. The zero-order valence-corrected chi connectivity index (χ0v) is 17.8. The van der Waals surface area contributed by atoms with Gasteiger partial charge in [0.15, 0.2) is 0 Å². The SMILES string of the molecule is CCOC(=O)C(CCc1ccccc1)NC(C)C(=O)N1CCC[C@H]1C(=O)O.Cl.N. The van der Waals surface area contributed by atoms with Crippen molar-refractivity contribution in [3.05, 3.63) is 35.9 Å². The van der Waals surface area contributed by atoms with Crippen LogP contribution >= 0.6 is 12.4 Å². The molecule has 0 radical (unpaired) electrons. The van der Waals surface area contributed by atoms with Crippen LogP contribution in [-0.2, 0) is 25.5 Å². The van der Waals surface area contributed by atoms with E-state index in [1.165, 1.54) is 4.90 Å². The molecular weight excluding hydrogens is 398 g/mol. The van der Waals surface area contributed by atoms with Crippen LogP contribution < -0.4 is 11.5 Å². The van der Waals surface area contributed by atoms with E-state index in [0.29, 0.717) is 32.2 Å². The monoisotopic (exact) mass is 429 g/mol. The van der Waals surface area contributed by atoms with Gasteiger partial charge in [-0.3, -0.25) is 14.9 Å². The highest BCUT2D eigenvalue weighted by atomic mass is 35.5. The second-order valence-electron chi connectivity index (χ2n) is 6.75. The fraction of sp³-hybridized carbons (Fsp3) is 0.550. The van der Waals surface area contributed by atoms with Crippen molar-refractivity contribution in [3.8, 4) is 0 Å². The summed E-state index contributed by atoms with van der Waals surface area (Å²) >= 11 is 0. The maximum atomic E-state index is 12.7. The van der Waals surface area contributed by atoms with Crippen molar-refractivity contribution in [2.24, 2.45) is 0 Å². The Bertz CT molecular complexity index is 659. The number of carbonyl (C=O) groups excluding carboxylic acids is 2. The number of carbonyl (C=O) groups is 3. The van der Waals surface area contributed by atoms with E-state index in [9.17, 15) is 19.5 Å². The molecular formula is C20H32ClN3O5. The summed E-state index contributed by atoms with van der Waals surface area (Å²) in [6.45, 7) is 4.09. The first kappa shape index (κ1) is 26.8. The first-order valence-corrected chi connectivity index (χ1v) is 9.44. The highest BCUT2D eigenvalue weighted by Gasteiger charge is 2.36. The number of ether oxygens (including phenoxy) is 1. The Morgan fingerprint density at radius 2 is 1.93 bits per heavy atom. The molecule has 0 spiro atoms. The minimum Gasteiger partial charge on any atom is -0.480 e. The van der Waals surface area contributed by atoms with Crippen molar-refractivity contribution in [3.63, 3.8) is 0 Å². The lowest BCUT2D eigenvalue weighted by atomic mass is 10.0. The lowest BCUT2D eigenvalue weighted by Gasteiger charge is -2.27. The third-order valence-electron chi connectivity index (χ3n) is 4.78. The summed E-state index contributed by atoms with van der Waals surface area (Å²) in [5.41, 5.74) is 1.10. The molecule has 1 aliphatic heterocycles. The average molecular weight is 430 g/mol. The van der Waals surface area contributed by atoms with Gasteiger partial charge in [0.2, 0.25) is 5.91 Å². The van der Waals surface area contributed by atoms with Gasteiger partial charge in [-0.1, -0.05) is 30.3 Å². The van der Waals surface area contributed by atoms with Crippen molar-refractivity contribution in [1.29, 1.82) is 0 Å². The first-order valence-electron chi connectivity index (χ1n) is 9.44. The van der Waals surface area contributed by atoms with Gasteiger partial charge in [0.25, 0.3) is 0 Å². The smallest absolute Gasteiger partial charge is 0.326 e. The Kier molecular flexibility index (Phi) is 12.2. The molecule has 5 N–H and O–H groups in total. The van der Waals surface area contributed by atoms with E-state index in [1.54, 1.807) is 13.8 Å². The lowest BCUT2D eigenvalue weighted by Crippen LogP contribution is -2.53. The fourth-order valence-electron chi connectivity index (χ4n) is 3.38. The molecule has 1 fully saturated rings. The van der Waals surface area contributed by atoms with Crippen molar-refractivity contribution < 1.29 is 24.2 Å². The molecule has 0 aliphatic carbocycles. The minimum atomic E-state index is -0.987. The van der Waals surface area contributed by atoms with Gasteiger partial charge in [0, 0.05) is 6.54 Å². The summed E-state index contributed by atoms with van der Waals surface area (Å²) in [5, 5.41) is 12.3. The van der Waals surface area contributed by atoms with Crippen LogP contribution in [0.3, 0.4) is 0 Å². The number of nitrogens with one attached hydrogen (secondary N) is 1. The quantitative estimate of drug-likeness (QED) is 0.512. The second kappa shape index (κ2) is 13.1. The number of hydrogen-bond acceptors (Lipinski definition) is 6. The van der Waals surface area contributed by atoms with Gasteiger partial charge < -0.3 is 20.9 Å². The average Bonchev–Trinajstić information content (AvgIpc) is 3.15. The second-order valence-corrected chi connectivity index (χ2v) is 6.75. The number of rotatable bonds is 9. The number of aryl methyl sites for hydroxylation is 1. The van der Waals surface area contributed by atoms with Gasteiger partial charge in [-0.2, -0.15) is 0 Å². The predicted octanol–water partition coefficient (Wildman–Crippen LogP) is 2.19. The Hall–Kier alpha value is -2.16. The van der Waals surface area contributed by atoms with Crippen molar-refractivity contribution in [2.45, 2.75) is 57.7 Å². The number of hydrogen-bond donors (Lipinski definition) is 3. The predicted molar refractivity (Wildman–Crippen MR) is 112 cm³/mol. The zero-order chi connectivity index (χ0) is 19.8. The Balaban J connectivity index is 0.00000392. The van der Waals surface area contributed by atoms with E-state index in [-0.39, 0.29) is 31.1 Å². The molecule has 8 nitrogen and oxygen atoms in total. The molecule has 3 atom stereocenters. The first-order chi connectivity index (χ1) is 12.9. The normalized spacial score (nSPS) is 17.4. The number of amides is 1. The lowest BCUT2D eigenvalue weighted by molar-refractivity contribution is -0.150. The molecule has 0 aromatic heterocycles. The summed E-state index contributed by atoms with van der Waals surface area (Å²) in [6, 6.07) is 7.69. The van der Waals surface area contributed by atoms with Crippen LogP contribution in [0.25, 0.3) is 0 Å². The molecule has 2 rings (SSSR count). The molecule has 2 unspecified atom stereocenters. The number of halogens is 1. The number of nitrogens with zero attached hydrogens (tertiary/aromatic N) is 1. The third-order valence-corrected chi connectivity index (χ3v) is 4.78. The van der Waals surface area contributed by atoms with Crippen LogP contribution in [0.15, 0.2) is 30.3 Å².